The zero-order chi connectivity index (χ0) is 15.4. The molecule has 0 saturated heterocycles. The molecule has 6 heteroatoms. The van der Waals surface area contributed by atoms with Crippen molar-refractivity contribution >= 4 is 34.6 Å². The maximum absolute atomic E-state index is 12.1. The lowest BCUT2D eigenvalue weighted by atomic mass is 10.1. The number of nitrogens with one attached hydrogen (secondary N) is 1. The number of hydrogen-bond acceptors (Lipinski definition) is 4. The fourth-order valence-electron chi connectivity index (χ4n) is 1.76. The van der Waals surface area contributed by atoms with Crippen molar-refractivity contribution in [1.29, 1.82) is 0 Å². The van der Waals surface area contributed by atoms with Crippen molar-refractivity contribution in [1.82, 2.24) is 0 Å². The summed E-state index contributed by atoms with van der Waals surface area (Å²) in [5.74, 6) is -0.888. The molecule has 21 heavy (non-hydrogen) atoms. The molecule has 0 unspecified atom stereocenters. The highest BCUT2D eigenvalue weighted by Crippen LogP contribution is 2.19. The lowest BCUT2D eigenvalue weighted by Gasteiger charge is -2.05. The number of anilines is 1. The number of ketones is 1. The average Bonchev–Trinajstić information content (AvgIpc) is 2.97. The van der Waals surface area contributed by atoms with E-state index in [1.807, 2.05) is 0 Å². The fraction of sp³-hybridized carbons (Fsp3) is 0.133. The van der Waals surface area contributed by atoms with Crippen LogP contribution in [0.4, 0.5) is 5.69 Å². The maximum atomic E-state index is 12.1. The number of rotatable bonds is 5. The monoisotopic (exact) mass is 302 g/mol. The maximum Gasteiger partial charge on any atom is 0.265 e. The Morgan fingerprint density at radius 2 is 1.86 bits per heavy atom. The highest BCUT2D eigenvalue weighted by molar-refractivity contribution is 7.16. The number of thiophene rings is 1. The van der Waals surface area contributed by atoms with Crippen LogP contribution < -0.4 is 11.1 Å². The Hall–Kier alpha value is -2.47. The number of benzene rings is 1. The molecule has 1 aromatic carbocycles. The van der Waals surface area contributed by atoms with Gasteiger partial charge >= 0.3 is 0 Å². The van der Waals surface area contributed by atoms with Gasteiger partial charge in [-0.15, -0.1) is 11.3 Å². The molecule has 2 amide bonds. The van der Waals surface area contributed by atoms with Gasteiger partial charge in [0.1, 0.15) is 0 Å². The van der Waals surface area contributed by atoms with Crippen molar-refractivity contribution in [3.63, 3.8) is 0 Å². The summed E-state index contributed by atoms with van der Waals surface area (Å²) in [4.78, 5) is 35.4. The number of Topliss-reactive ketones (excluding diaryl/α,β-unsaturated/α-hetero) is 1. The largest absolute Gasteiger partial charge is 0.365 e. The van der Waals surface area contributed by atoms with Gasteiger partial charge in [-0.2, -0.15) is 0 Å². The van der Waals surface area contributed by atoms with Crippen molar-refractivity contribution in [2.45, 2.75) is 13.3 Å². The normalized spacial score (nSPS) is 10.1. The first-order chi connectivity index (χ1) is 10.0. The summed E-state index contributed by atoms with van der Waals surface area (Å²) in [6.07, 6.45) is 0.407. The van der Waals surface area contributed by atoms with Crippen LogP contribution in [0.1, 0.15) is 43.0 Å². The number of carbonyl (C=O) groups excluding carboxylic acids is 3. The van der Waals surface area contributed by atoms with Gasteiger partial charge in [0, 0.05) is 17.7 Å². The Labute approximate surface area is 125 Å². The Bertz CT molecular complexity index is 706. The van der Waals surface area contributed by atoms with E-state index in [0.717, 1.165) is 11.3 Å². The molecule has 0 aliphatic rings. The van der Waals surface area contributed by atoms with Gasteiger partial charge in [-0.1, -0.05) is 19.1 Å². The van der Waals surface area contributed by atoms with Crippen LogP contribution in [-0.4, -0.2) is 17.6 Å². The number of hydrogen-bond donors (Lipinski definition) is 2. The molecule has 5 nitrogen and oxygen atoms in total. The molecule has 2 rings (SSSR count). The quantitative estimate of drug-likeness (QED) is 0.832. The Balaban J connectivity index is 2.15. The van der Waals surface area contributed by atoms with Gasteiger partial charge in [0.25, 0.3) is 11.8 Å². The third-order valence-corrected chi connectivity index (χ3v) is 3.93. The molecule has 3 N–H and O–H groups in total. The third kappa shape index (κ3) is 3.55. The van der Waals surface area contributed by atoms with E-state index in [4.69, 9.17) is 5.73 Å². The molecule has 0 fully saturated rings. The van der Waals surface area contributed by atoms with E-state index in [0.29, 0.717) is 27.4 Å². The van der Waals surface area contributed by atoms with Gasteiger partial charge in [0.15, 0.2) is 5.78 Å². The van der Waals surface area contributed by atoms with Crippen molar-refractivity contribution in [3.05, 3.63) is 51.7 Å². The highest BCUT2D eigenvalue weighted by Gasteiger charge is 2.12. The van der Waals surface area contributed by atoms with Crippen LogP contribution in [0.2, 0.25) is 0 Å². The van der Waals surface area contributed by atoms with E-state index in [1.165, 1.54) is 6.07 Å². The average molecular weight is 302 g/mol. The fourth-order valence-corrected chi connectivity index (χ4v) is 2.51. The molecular weight excluding hydrogens is 288 g/mol. The second kappa shape index (κ2) is 6.32. The minimum Gasteiger partial charge on any atom is -0.365 e. The van der Waals surface area contributed by atoms with E-state index < -0.39 is 5.91 Å². The smallest absolute Gasteiger partial charge is 0.265 e. The molecular formula is C15H14N2O3S. The molecule has 0 bridgehead atoms. The Morgan fingerprint density at radius 3 is 2.48 bits per heavy atom. The standard InChI is InChI=1S/C15H14N2O3S/c1-2-11(18)9-4-3-5-10(8-9)17-15(20)13-7-6-12(21-13)14(16)19/h3-8H,2H2,1H3,(H2,16,19)(H,17,20). The van der Waals surface area contributed by atoms with E-state index in [2.05, 4.69) is 5.32 Å². The van der Waals surface area contributed by atoms with Crippen LogP contribution in [0.25, 0.3) is 0 Å². The zero-order valence-electron chi connectivity index (χ0n) is 11.4. The van der Waals surface area contributed by atoms with Crippen LogP contribution in [0, 0.1) is 0 Å². The third-order valence-electron chi connectivity index (χ3n) is 2.84. The van der Waals surface area contributed by atoms with Crippen LogP contribution in [0.3, 0.4) is 0 Å². The minimum absolute atomic E-state index is 0.0123. The van der Waals surface area contributed by atoms with Crippen molar-refractivity contribution < 1.29 is 14.4 Å². The summed E-state index contributed by atoms with van der Waals surface area (Å²) >= 11 is 1.03. The summed E-state index contributed by atoms with van der Waals surface area (Å²) in [6, 6.07) is 9.80. The zero-order valence-corrected chi connectivity index (χ0v) is 12.2. The summed E-state index contributed by atoms with van der Waals surface area (Å²) in [5.41, 5.74) is 6.24. The first kappa shape index (κ1) is 14.9. The minimum atomic E-state index is -0.561. The van der Waals surface area contributed by atoms with E-state index in [9.17, 15) is 14.4 Å². The molecule has 0 radical (unpaired) electrons. The first-order valence-electron chi connectivity index (χ1n) is 6.35. The highest BCUT2D eigenvalue weighted by atomic mass is 32.1. The van der Waals surface area contributed by atoms with Gasteiger partial charge < -0.3 is 11.1 Å². The van der Waals surface area contributed by atoms with Crippen LogP contribution >= 0.6 is 11.3 Å². The molecule has 0 aliphatic heterocycles. The molecule has 1 aromatic heterocycles. The molecule has 108 valence electrons. The molecule has 1 heterocycles. The van der Waals surface area contributed by atoms with E-state index >= 15 is 0 Å². The number of nitrogens with two attached hydrogens (primary N) is 1. The van der Waals surface area contributed by atoms with Gasteiger partial charge in [0.05, 0.1) is 9.75 Å². The van der Waals surface area contributed by atoms with Crippen LogP contribution in [0.15, 0.2) is 36.4 Å². The van der Waals surface area contributed by atoms with Crippen molar-refractivity contribution in [3.8, 4) is 0 Å². The number of amides is 2. The molecule has 0 saturated carbocycles. The Morgan fingerprint density at radius 1 is 1.14 bits per heavy atom. The second-order valence-electron chi connectivity index (χ2n) is 4.34. The van der Waals surface area contributed by atoms with E-state index in [-0.39, 0.29) is 11.7 Å². The SMILES string of the molecule is CCC(=O)c1cccc(NC(=O)c2ccc(C(N)=O)s2)c1. The molecule has 2 aromatic rings. The molecule has 0 atom stereocenters. The predicted octanol–water partition coefficient (Wildman–Crippen LogP) is 2.69. The summed E-state index contributed by atoms with van der Waals surface area (Å²) < 4.78 is 0. The summed E-state index contributed by atoms with van der Waals surface area (Å²) in [7, 11) is 0. The Kier molecular flexibility index (Phi) is 4.49. The number of carbonyl (C=O) groups is 3. The molecule has 0 aliphatic carbocycles. The van der Waals surface area contributed by atoms with Crippen LogP contribution in [-0.2, 0) is 0 Å². The van der Waals surface area contributed by atoms with Crippen molar-refractivity contribution in [2.24, 2.45) is 5.73 Å². The second-order valence-corrected chi connectivity index (χ2v) is 5.42. The van der Waals surface area contributed by atoms with Gasteiger partial charge in [-0.05, 0) is 24.3 Å². The predicted molar refractivity (Wildman–Crippen MR) is 81.9 cm³/mol. The lowest BCUT2D eigenvalue weighted by molar-refractivity contribution is 0.0983. The summed E-state index contributed by atoms with van der Waals surface area (Å²) in [5, 5.41) is 2.70. The van der Waals surface area contributed by atoms with E-state index in [1.54, 1.807) is 37.3 Å². The van der Waals surface area contributed by atoms with Crippen molar-refractivity contribution in [2.75, 3.05) is 5.32 Å². The number of primary amides is 1. The topological polar surface area (TPSA) is 89.3 Å². The summed E-state index contributed by atoms with van der Waals surface area (Å²) in [6.45, 7) is 1.78. The van der Waals surface area contributed by atoms with Gasteiger partial charge in [0.2, 0.25) is 0 Å². The van der Waals surface area contributed by atoms with Crippen LogP contribution in [0.5, 0.6) is 0 Å². The van der Waals surface area contributed by atoms with Gasteiger partial charge in [-0.3, -0.25) is 14.4 Å². The first-order valence-corrected chi connectivity index (χ1v) is 7.17. The molecule has 0 spiro atoms. The lowest BCUT2D eigenvalue weighted by Crippen LogP contribution is -2.11. The van der Waals surface area contributed by atoms with Gasteiger partial charge in [-0.25, -0.2) is 0 Å².